The summed E-state index contributed by atoms with van der Waals surface area (Å²) in [6, 6.07) is 0. The van der Waals surface area contributed by atoms with Crippen molar-refractivity contribution in [2.75, 3.05) is 31.9 Å². The lowest BCUT2D eigenvalue weighted by atomic mass is 9.87. The maximum absolute atomic E-state index is 12.5. The van der Waals surface area contributed by atoms with E-state index in [1.165, 1.54) is 6.42 Å². The first-order valence-corrected chi connectivity index (χ1v) is 16.6. The zero-order valence-corrected chi connectivity index (χ0v) is 23.5. The van der Waals surface area contributed by atoms with Gasteiger partial charge in [0.15, 0.2) is 0 Å². The van der Waals surface area contributed by atoms with E-state index in [4.69, 9.17) is 0 Å². The highest BCUT2D eigenvalue weighted by Crippen LogP contribution is 2.31. The maximum atomic E-state index is 12.5. The lowest BCUT2D eigenvalue weighted by Gasteiger charge is -2.36. The monoisotopic (exact) mass is 506 g/mol. The molecule has 1 aliphatic carbocycles. The number of hydrogen-bond acceptors (Lipinski definition) is 4. The predicted molar refractivity (Wildman–Crippen MR) is 138 cm³/mol. The summed E-state index contributed by atoms with van der Waals surface area (Å²) in [5.41, 5.74) is 0. The third-order valence-corrected chi connectivity index (χ3v) is 12.5. The smallest absolute Gasteiger partial charge is 0.212 e. The van der Waals surface area contributed by atoms with Crippen molar-refractivity contribution in [3.8, 4) is 0 Å². The lowest BCUT2D eigenvalue weighted by molar-refractivity contribution is 0.224. The molecule has 3 fully saturated rings. The molecular formula is C25H50N2O4S2. The third kappa shape index (κ3) is 8.46. The molecule has 0 N–H and O–H groups in total. The number of piperidine rings is 2. The highest BCUT2D eigenvalue weighted by atomic mass is 32.2. The van der Waals surface area contributed by atoms with Gasteiger partial charge in [-0.3, -0.25) is 0 Å². The molecule has 196 valence electrons. The molecule has 2 heterocycles. The van der Waals surface area contributed by atoms with E-state index in [1.54, 1.807) is 8.61 Å². The van der Waals surface area contributed by atoms with Crippen LogP contribution in [0.25, 0.3) is 0 Å². The Morgan fingerprint density at radius 2 is 1.09 bits per heavy atom. The second-order valence-electron chi connectivity index (χ2n) is 11.1. The number of sulfonamides is 2. The summed E-state index contributed by atoms with van der Waals surface area (Å²) in [4.78, 5) is 0. The summed E-state index contributed by atoms with van der Waals surface area (Å²) in [6.45, 7) is 13.8. The quantitative estimate of drug-likeness (QED) is 0.481. The van der Waals surface area contributed by atoms with Crippen LogP contribution in [0.5, 0.6) is 0 Å². The summed E-state index contributed by atoms with van der Waals surface area (Å²) < 4.78 is 52.1. The van der Waals surface area contributed by atoms with Gasteiger partial charge in [0.25, 0.3) is 0 Å². The molecule has 0 radical (unpaired) electrons. The van der Waals surface area contributed by atoms with E-state index in [0.717, 1.165) is 77.5 Å². The van der Waals surface area contributed by atoms with Crippen LogP contribution in [0.1, 0.15) is 98.8 Å². The average molecular weight is 507 g/mol. The molecule has 0 aromatic rings. The molecule has 0 atom stereocenters. The zero-order chi connectivity index (χ0) is 24.6. The Labute approximate surface area is 205 Å². The zero-order valence-electron chi connectivity index (χ0n) is 21.8. The normalized spacial score (nSPS) is 23.6. The second-order valence-corrected chi connectivity index (χ2v) is 15.4. The Balaban J connectivity index is 0.000000238. The molecule has 0 aromatic heterocycles. The molecule has 0 unspecified atom stereocenters. The van der Waals surface area contributed by atoms with Crippen LogP contribution in [0, 0.1) is 23.7 Å². The van der Waals surface area contributed by atoms with Crippen molar-refractivity contribution in [1.29, 1.82) is 0 Å². The summed E-state index contributed by atoms with van der Waals surface area (Å²) in [5, 5.41) is -0.0816. The maximum Gasteiger partial charge on any atom is 0.216 e. The van der Waals surface area contributed by atoms with Gasteiger partial charge < -0.3 is 0 Å². The van der Waals surface area contributed by atoms with Crippen LogP contribution in [0.4, 0.5) is 0 Å². The fourth-order valence-electron chi connectivity index (χ4n) is 5.58. The SMILES string of the molecule is CC(C)C1CCN(S(=O)(=O)C2CCCCC2)CC1.CCCS(=O)(=O)N1CCC(C(C)C)CC1. The highest BCUT2D eigenvalue weighted by Gasteiger charge is 2.35. The second kappa shape index (κ2) is 13.2. The van der Waals surface area contributed by atoms with Gasteiger partial charge in [0, 0.05) is 26.2 Å². The van der Waals surface area contributed by atoms with Crippen molar-refractivity contribution in [2.24, 2.45) is 23.7 Å². The third-order valence-electron chi connectivity index (χ3n) is 8.07. The average Bonchev–Trinajstić information content (AvgIpc) is 2.80. The van der Waals surface area contributed by atoms with Crippen LogP contribution in [0.3, 0.4) is 0 Å². The van der Waals surface area contributed by atoms with Crippen LogP contribution in [0.2, 0.25) is 0 Å². The number of nitrogens with zero attached hydrogens (tertiary/aromatic N) is 2. The van der Waals surface area contributed by atoms with Crippen LogP contribution in [-0.4, -0.2) is 62.6 Å². The van der Waals surface area contributed by atoms with Crippen molar-refractivity contribution in [3.05, 3.63) is 0 Å². The topological polar surface area (TPSA) is 74.8 Å². The predicted octanol–water partition coefficient (Wildman–Crippen LogP) is 5.11. The van der Waals surface area contributed by atoms with Gasteiger partial charge in [-0.1, -0.05) is 53.9 Å². The fourth-order valence-corrected chi connectivity index (χ4v) is 9.19. The summed E-state index contributed by atoms with van der Waals surface area (Å²) in [7, 11) is -5.95. The molecule has 1 saturated carbocycles. The Morgan fingerprint density at radius 1 is 0.667 bits per heavy atom. The van der Waals surface area contributed by atoms with Crippen molar-refractivity contribution in [3.63, 3.8) is 0 Å². The molecule has 2 saturated heterocycles. The molecule has 33 heavy (non-hydrogen) atoms. The van der Waals surface area contributed by atoms with Gasteiger partial charge in [-0.25, -0.2) is 25.4 Å². The molecule has 0 aromatic carbocycles. The van der Waals surface area contributed by atoms with Gasteiger partial charge in [-0.2, -0.15) is 0 Å². The highest BCUT2D eigenvalue weighted by molar-refractivity contribution is 7.89. The number of hydrogen-bond donors (Lipinski definition) is 0. The van der Waals surface area contributed by atoms with E-state index in [-0.39, 0.29) is 5.25 Å². The van der Waals surface area contributed by atoms with E-state index in [0.29, 0.717) is 35.8 Å². The molecule has 0 spiro atoms. The largest absolute Gasteiger partial charge is 0.216 e. The van der Waals surface area contributed by atoms with Crippen LogP contribution in [-0.2, 0) is 20.0 Å². The van der Waals surface area contributed by atoms with Gasteiger partial charge in [0.2, 0.25) is 20.0 Å². The first kappa shape index (κ1) is 29.1. The van der Waals surface area contributed by atoms with Crippen molar-refractivity contribution in [2.45, 2.75) is 104 Å². The first-order valence-electron chi connectivity index (χ1n) is 13.5. The fraction of sp³-hybridized carbons (Fsp3) is 1.00. The summed E-state index contributed by atoms with van der Waals surface area (Å²) in [6.07, 6.45) is 10.0. The van der Waals surface area contributed by atoms with Crippen LogP contribution in [0.15, 0.2) is 0 Å². The summed E-state index contributed by atoms with van der Waals surface area (Å²) in [5.74, 6) is 3.09. The molecule has 0 amide bonds. The summed E-state index contributed by atoms with van der Waals surface area (Å²) >= 11 is 0. The standard InChI is InChI=1S/C14H27NO2S.C11H23NO2S/c1-12(2)13-8-10-15(11-9-13)18(16,17)14-6-4-3-5-7-14;1-4-9-15(13,14)12-7-5-11(6-8-12)10(2)3/h12-14H,3-11H2,1-2H3;10-11H,4-9H2,1-3H3. The van der Waals surface area contributed by atoms with E-state index >= 15 is 0 Å². The molecule has 8 heteroatoms. The lowest BCUT2D eigenvalue weighted by Crippen LogP contribution is -2.44. The molecule has 2 aliphatic heterocycles. The van der Waals surface area contributed by atoms with Crippen LogP contribution < -0.4 is 0 Å². The van der Waals surface area contributed by atoms with E-state index in [9.17, 15) is 16.8 Å². The minimum Gasteiger partial charge on any atom is -0.212 e. The van der Waals surface area contributed by atoms with Gasteiger partial charge in [-0.05, 0) is 68.6 Å². The van der Waals surface area contributed by atoms with Crippen molar-refractivity contribution < 1.29 is 16.8 Å². The van der Waals surface area contributed by atoms with E-state index in [2.05, 4.69) is 27.7 Å². The van der Waals surface area contributed by atoms with E-state index < -0.39 is 20.0 Å². The molecular weight excluding hydrogens is 456 g/mol. The molecule has 3 aliphatic rings. The minimum absolute atomic E-state index is 0.0816. The Morgan fingerprint density at radius 3 is 1.48 bits per heavy atom. The molecule has 3 rings (SSSR count). The Hall–Kier alpha value is -0.180. The van der Waals surface area contributed by atoms with Gasteiger partial charge in [0.05, 0.1) is 11.0 Å². The molecule has 6 nitrogen and oxygen atoms in total. The van der Waals surface area contributed by atoms with E-state index in [1.807, 2.05) is 6.92 Å². The minimum atomic E-state index is -3.00. The Bertz CT molecular complexity index is 758. The number of rotatable bonds is 7. The first-order chi connectivity index (χ1) is 15.5. The van der Waals surface area contributed by atoms with Crippen molar-refractivity contribution in [1.82, 2.24) is 8.61 Å². The molecule has 0 bridgehead atoms. The Kier molecular flexibility index (Phi) is 11.6. The van der Waals surface area contributed by atoms with Crippen molar-refractivity contribution >= 4 is 20.0 Å². The van der Waals surface area contributed by atoms with Gasteiger partial charge in [-0.15, -0.1) is 0 Å². The van der Waals surface area contributed by atoms with Gasteiger partial charge in [0.1, 0.15) is 0 Å². The van der Waals surface area contributed by atoms with Gasteiger partial charge >= 0.3 is 0 Å². The van der Waals surface area contributed by atoms with Crippen LogP contribution >= 0.6 is 0 Å².